The number of anilines is 1. The molecular weight excluding hydrogens is 732 g/mol. The standard InChI is InChI=1S/C35H51N4O10PS2/c1-34(2,3)48-50(41,49-35(4,5)6)47-25-46-37-33-29-18-16-26(51(42,43)38-19-11-7-8-12-20-38)23-30(29)32(36-40)28-17-15-27(24-31(28)33)52(44,45)39-21-13-9-10-14-22-39/h15-18,23-24,37H,7-14,19-22,25H2,1-6H3. The Morgan fingerprint density at radius 3 is 1.56 bits per heavy atom. The predicted octanol–water partition coefficient (Wildman–Crippen LogP) is 8.58. The third kappa shape index (κ3) is 9.57. The summed E-state index contributed by atoms with van der Waals surface area (Å²) in [6, 6.07) is 8.78. The lowest BCUT2D eigenvalue weighted by Gasteiger charge is -2.30. The number of sulfonamides is 2. The van der Waals surface area contributed by atoms with E-state index in [1.807, 2.05) is 0 Å². The highest BCUT2D eigenvalue weighted by atomic mass is 32.2. The Balaban J connectivity index is 1.60. The number of phosphoric acid groups is 1. The summed E-state index contributed by atoms with van der Waals surface area (Å²) in [5.41, 5.74) is 1.19. The average molecular weight is 783 g/mol. The van der Waals surface area contributed by atoms with Gasteiger partial charge in [-0.3, -0.25) is 19.1 Å². The molecule has 1 N–H and O–H groups in total. The minimum Gasteiger partial charge on any atom is -0.281 e. The van der Waals surface area contributed by atoms with E-state index in [-0.39, 0.29) is 37.3 Å². The van der Waals surface area contributed by atoms with Crippen molar-refractivity contribution in [2.24, 2.45) is 5.18 Å². The number of nitrogens with zero attached hydrogens (tertiary/aromatic N) is 3. The molecule has 0 bridgehead atoms. The van der Waals surface area contributed by atoms with Gasteiger partial charge < -0.3 is 0 Å². The van der Waals surface area contributed by atoms with Gasteiger partial charge in [0.2, 0.25) is 20.0 Å². The van der Waals surface area contributed by atoms with Crippen molar-refractivity contribution in [3.8, 4) is 0 Å². The molecule has 0 aliphatic carbocycles. The van der Waals surface area contributed by atoms with Gasteiger partial charge in [-0.15, -0.1) is 4.91 Å². The van der Waals surface area contributed by atoms with Crippen LogP contribution in [0, 0.1) is 4.91 Å². The molecule has 2 aliphatic heterocycles. The number of rotatable bonds is 12. The van der Waals surface area contributed by atoms with Gasteiger partial charge in [0.05, 0.1) is 26.7 Å². The van der Waals surface area contributed by atoms with Crippen LogP contribution in [-0.2, 0) is 43.0 Å². The van der Waals surface area contributed by atoms with Crippen molar-refractivity contribution < 1.29 is 39.8 Å². The third-order valence-corrected chi connectivity index (χ3v) is 14.5. The first-order valence-electron chi connectivity index (χ1n) is 17.8. The lowest BCUT2D eigenvalue weighted by atomic mass is 9.99. The summed E-state index contributed by atoms with van der Waals surface area (Å²) >= 11 is 0. The lowest BCUT2D eigenvalue weighted by Crippen LogP contribution is -2.32. The van der Waals surface area contributed by atoms with E-state index < -0.39 is 45.9 Å². The van der Waals surface area contributed by atoms with Crippen LogP contribution in [0.15, 0.2) is 51.4 Å². The average Bonchev–Trinajstić information content (AvgIpc) is 3.51. The molecule has 2 fully saturated rings. The van der Waals surface area contributed by atoms with Crippen molar-refractivity contribution in [2.75, 3.05) is 38.5 Å². The highest BCUT2D eigenvalue weighted by Gasteiger charge is 2.37. The van der Waals surface area contributed by atoms with E-state index in [4.69, 9.17) is 18.4 Å². The lowest BCUT2D eigenvalue weighted by molar-refractivity contribution is -0.0364. The van der Waals surface area contributed by atoms with Gasteiger partial charge in [-0.2, -0.15) is 8.61 Å². The van der Waals surface area contributed by atoms with Gasteiger partial charge in [0.15, 0.2) is 6.79 Å². The van der Waals surface area contributed by atoms with Crippen LogP contribution in [0.5, 0.6) is 0 Å². The van der Waals surface area contributed by atoms with Crippen molar-refractivity contribution in [1.29, 1.82) is 0 Å². The first kappa shape index (κ1) is 40.7. The molecule has 14 nitrogen and oxygen atoms in total. The van der Waals surface area contributed by atoms with Crippen LogP contribution in [0.25, 0.3) is 21.5 Å². The maximum atomic E-state index is 13.9. The quantitative estimate of drug-likeness (QED) is 0.0466. The Bertz CT molecular complexity index is 2010. The Morgan fingerprint density at radius 2 is 1.12 bits per heavy atom. The summed E-state index contributed by atoms with van der Waals surface area (Å²) < 4.78 is 88.8. The van der Waals surface area contributed by atoms with E-state index in [1.54, 1.807) is 41.5 Å². The molecular formula is C35H51N4O10PS2. The Labute approximate surface area is 307 Å². The summed E-state index contributed by atoms with van der Waals surface area (Å²) in [4.78, 5) is 18.3. The van der Waals surface area contributed by atoms with Crippen LogP contribution in [-0.4, -0.2) is 69.6 Å². The van der Waals surface area contributed by atoms with Crippen molar-refractivity contribution in [3.63, 3.8) is 0 Å². The van der Waals surface area contributed by atoms with Crippen molar-refractivity contribution >= 4 is 60.8 Å². The Hall–Kier alpha value is -2.53. The highest BCUT2D eigenvalue weighted by Crippen LogP contribution is 2.55. The molecule has 288 valence electrons. The van der Waals surface area contributed by atoms with Crippen LogP contribution in [0.2, 0.25) is 0 Å². The zero-order chi connectivity index (χ0) is 38.0. The highest BCUT2D eigenvalue weighted by molar-refractivity contribution is 7.89. The Kier molecular flexibility index (Phi) is 12.6. The number of benzene rings is 3. The number of fused-ring (bicyclic) bond motifs is 2. The van der Waals surface area contributed by atoms with Crippen LogP contribution < -0.4 is 5.48 Å². The summed E-state index contributed by atoms with van der Waals surface area (Å²) in [6.07, 6.45) is 6.80. The SMILES string of the molecule is CC(C)(C)OP(=O)(OCONc1c2ccc(S(=O)(=O)N3CCCCCC3)cc2c(N=O)c2ccc(S(=O)(=O)N3CCCCCC3)cc12)OC(C)(C)C. The summed E-state index contributed by atoms with van der Waals surface area (Å²) in [7, 11) is -12.0. The smallest absolute Gasteiger partial charge is 0.281 e. The minimum atomic E-state index is -4.16. The Morgan fingerprint density at radius 1 is 0.673 bits per heavy atom. The second-order valence-corrected chi connectivity index (χ2v) is 20.6. The summed E-state index contributed by atoms with van der Waals surface area (Å²) in [5.74, 6) is 0. The van der Waals surface area contributed by atoms with Crippen LogP contribution >= 0.6 is 7.82 Å². The second kappa shape index (κ2) is 16.1. The maximum absolute atomic E-state index is 13.9. The van der Waals surface area contributed by atoms with E-state index in [0.717, 1.165) is 51.4 Å². The van der Waals surface area contributed by atoms with Crippen molar-refractivity contribution in [1.82, 2.24) is 8.61 Å². The van der Waals surface area contributed by atoms with Crippen molar-refractivity contribution in [3.05, 3.63) is 41.3 Å². The molecule has 0 atom stereocenters. The minimum absolute atomic E-state index is 0.00121. The molecule has 0 unspecified atom stereocenters. The van der Waals surface area contributed by atoms with Gasteiger partial charge in [-0.05, 0) is 96.7 Å². The normalized spacial score (nSPS) is 18.0. The van der Waals surface area contributed by atoms with Gasteiger partial charge in [0.25, 0.3) is 0 Å². The molecule has 0 aromatic heterocycles. The third-order valence-electron chi connectivity index (χ3n) is 8.74. The molecule has 17 heteroatoms. The van der Waals surface area contributed by atoms with E-state index in [2.05, 4.69) is 10.7 Å². The van der Waals surface area contributed by atoms with Crippen molar-refractivity contribution in [2.45, 2.75) is 114 Å². The fourth-order valence-electron chi connectivity index (χ4n) is 6.49. The molecule has 2 aliphatic rings. The number of nitrogens with one attached hydrogen (secondary N) is 1. The molecule has 0 radical (unpaired) electrons. The molecule has 0 amide bonds. The van der Waals surface area contributed by atoms with Crippen LogP contribution in [0.3, 0.4) is 0 Å². The molecule has 0 saturated carbocycles. The number of hydrogen-bond donors (Lipinski definition) is 1. The molecule has 5 rings (SSSR count). The van der Waals surface area contributed by atoms with E-state index in [1.165, 1.54) is 45.0 Å². The van der Waals surface area contributed by atoms with Crippen LogP contribution in [0.4, 0.5) is 11.4 Å². The predicted molar refractivity (Wildman–Crippen MR) is 201 cm³/mol. The topological polar surface area (TPSA) is 170 Å². The van der Waals surface area contributed by atoms with E-state index in [9.17, 15) is 26.3 Å². The first-order valence-corrected chi connectivity index (χ1v) is 22.1. The zero-order valence-electron chi connectivity index (χ0n) is 30.8. The number of nitroso groups, excluding NO2 is 1. The van der Waals surface area contributed by atoms with Crippen LogP contribution in [0.1, 0.15) is 92.9 Å². The second-order valence-electron chi connectivity index (χ2n) is 15.2. The molecule has 52 heavy (non-hydrogen) atoms. The molecule has 3 aromatic rings. The molecule has 2 saturated heterocycles. The summed E-state index contributed by atoms with van der Waals surface area (Å²) in [6.45, 7) is 11.2. The van der Waals surface area contributed by atoms with Gasteiger partial charge >= 0.3 is 7.82 Å². The summed E-state index contributed by atoms with van der Waals surface area (Å²) in [5, 5.41) is 4.43. The monoisotopic (exact) mass is 782 g/mol. The van der Waals surface area contributed by atoms with Gasteiger partial charge in [0, 0.05) is 47.7 Å². The molecule has 3 aromatic carbocycles. The van der Waals surface area contributed by atoms with Gasteiger partial charge in [-0.25, -0.2) is 26.2 Å². The van der Waals surface area contributed by atoms with Gasteiger partial charge in [-0.1, -0.05) is 37.8 Å². The number of hydrogen-bond acceptors (Lipinski definition) is 12. The first-order chi connectivity index (χ1) is 24.3. The largest absolute Gasteiger partial charge is 0.478 e. The number of phosphoric ester groups is 1. The molecule has 2 heterocycles. The maximum Gasteiger partial charge on any atom is 0.478 e. The fourth-order valence-corrected chi connectivity index (χ4v) is 11.2. The fraction of sp³-hybridized carbons (Fsp3) is 0.600. The molecule has 0 spiro atoms. The zero-order valence-corrected chi connectivity index (χ0v) is 33.4. The van der Waals surface area contributed by atoms with E-state index in [0.29, 0.717) is 31.6 Å². The van der Waals surface area contributed by atoms with Gasteiger partial charge in [0.1, 0.15) is 5.69 Å². The van der Waals surface area contributed by atoms with E-state index >= 15 is 0 Å².